The van der Waals surface area contributed by atoms with E-state index in [4.69, 9.17) is 23.2 Å². The molecule has 0 fully saturated rings. The fraction of sp³-hybridized carbons (Fsp3) is 0.0667. The minimum atomic E-state index is -0.235. The lowest BCUT2D eigenvalue weighted by Crippen LogP contribution is -2.26. The second-order valence-corrected chi connectivity index (χ2v) is 6.22. The Kier molecular flexibility index (Phi) is 3.85. The van der Waals surface area contributed by atoms with Crippen LogP contribution in [-0.2, 0) is 0 Å². The third-order valence-corrected chi connectivity index (χ3v) is 4.99. The van der Waals surface area contributed by atoms with E-state index >= 15 is 0 Å². The summed E-state index contributed by atoms with van der Waals surface area (Å²) in [7, 11) is 1.68. The Bertz CT molecular complexity index is 798. The standard InChI is InChI=1S/C15H10Cl2N2OS/c1-19(14(20)9-5-4-6-10(16)13(9)17)15-18-11-7-2-3-8-12(11)21-15/h2-8H,1H3. The molecule has 0 saturated carbocycles. The van der Waals surface area contributed by atoms with Crippen molar-refractivity contribution in [1.29, 1.82) is 0 Å². The molecule has 0 radical (unpaired) electrons. The normalized spacial score (nSPS) is 10.8. The number of rotatable bonds is 2. The molecule has 0 atom stereocenters. The molecule has 1 heterocycles. The number of hydrogen-bond donors (Lipinski definition) is 0. The summed E-state index contributed by atoms with van der Waals surface area (Å²) in [6.07, 6.45) is 0. The largest absolute Gasteiger partial charge is 0.287 e. The van der Waals surface area contributed by atoms with E-state index in [1.807, 2.05) is 24.3 Å². The number of para-hydroxylation sites is 1. The molecule has 1 amide bonds. The monoisotopic (exact) mass is 336 g/mol. The van der Waals surface area contributed by atoms with Crippen LogP contribution < -0.4 is 4.90 Å². The van der Waals surface area contributed by atoms with Crippen molar-refractivity contribution in [2.24, 2.45) is 0 Å². The van der Waals surface area contributed by atoms with Crippen LogP contribution in [0, 0.1) is 0 Å². The number of thiazole rings is 1. The van der Waals surface area contributed by atoms with Crippen LogP contribution >= 0.6 is 34.5 Å². The van der Waals surface area contributed by atoms with Gasteiger partial charge < -0.3 is 0 Å². The molecule has 0 bridgehead atoms. The molecule has 0 aliphatic heterocycles. The van der Waals surface area contributed by atoms with Crippen LogP contribution in [0.15, 0.2) is 42.5 Å². The zero-order chi connectivity index (χ0) is 15.0. The van der Waals surface area contributed by atoms with Gasteiger partial charge in [0.25, 0.3) is 5.91 Å². The van der Waals surface area contributed by atoms with Crippen LogP contribution in [0.3, 0.4) is 0 Å². The topological polar surface area (TPSA) is 33.2 Å². The SMILES string of the molecule is CN(C(=O)c1cccc(Cl)c1Cl)c1nc2ccccc2s1. The predicted octanol–water partition coefficient (Wildman–Crippen LogP) is 4.88. The van der Waals surface area contributed by atoms with Crippen LogP contribution in [0.25, 0.3) is 10.2 Å². The van der Waals surface area contributed by atoms with Crippen molar-refractivity contribution in [1.82, 2.24) is 4.98 Å². The molecule has 0 aliphatic carbocycles. The van der Waals surface area contributed by atoms with Crippen molar-refractivity contribution in [3.8, 4) is 0 Å². The van der Waals surface area contributed by atoms with Crippen LogP contribution in [0.1, 0.15) is 10.4 Å². The maximum Gasteiger partial charge on any atom is 0.261 e. The second-order valence-electron chi connectivity index (χ2n) is 4.43. The highest BCUT2D eigenvalue weighted by atomic mass is 35.5. The Balaban J connectivity index is 1.99. The van der Waals surface area contributed by atoms with E-state index < -0.39 is 0 Å². The van der Waals surface area contributed by atoms with Gasteiger partial charge in [-0.2, -0.15) is 0 Å². The van der Waals surface area contributed by atoms with Gasteiger partial charge in [-0.15, -0.1) is 0 Å². The minimum Gasteiger partial charge on any atom is -0.287 e. The molecule has 3 aromatic rings. The Morgan fingerprint density at radius 2 is 1.90 bits per heavy atom. The summed E-state index contributed by atoms with van der Waals surface area (Å²) in [5.74, 6) is -0.235. The smallest absolute Gasteiger partial charge is 0.261 e. The minimum absolute atomic E-state index is 0.235. The van der Waals surface area contributed by atoms with Crippen LogP contribution in [0.5, 0.6) is 0 Å². The average molecular weight is 337 g/mol. The van der Waals surface area contributed by atoms with E-state index in [0.717, 1.165) is 10.2 Å². The molecule has 0 saturated heterocycles. The van der Waals surface area contributed by atoms with Gasteiger partial charge in [-0.05, 0) is 24.3 Å². The van der Waals surface area contributed by atoms with Gasteiger partial charge in [0.2, 0.25) is 0 Å². The lowest BCUT2D eigenvalue weighted by molar-refractivity contribution is 0.0993. The zero-order valence-electron chi connectivity index (χ0n) is 11.0. The highest BCUT2D eigenvalue weighted by molar-refractivity contribution is 7.22. The highest BCUT2D eigenvalue weighted by Crippen LogP contribution is 2.31. The summed E-state index contributed by atoms with van der Waals surface area (Å²) in [4.78, 5) is 18.5. The maximum absolute atomic E-state index is 12.5. The van der Waals surface area contributed by atoms with Crippen molar-refractivity contribution in [3.63, 3.8) is 0 Å². The third-order valence-electron chi connectivity index (χ3n) is 3.06. The predicted molar refractivity (Wildman–Crippen MR) is 88.8 cm³/mol. The van der Waals surface area contributed by atoms with Crippen molar-refractivity contribution < 1.29 is 4.79 Å². The molecule has 0 N–H and O–H groups in total. The molecule has 0 unspecified atom stereocenters. The van der Waals surface area contributed by atoms with Crippen molar-refractivity contribution in [2.45, 2.75) is 0 Å². The van der Waals surface area contributed by atoms with Crippen molar-refractivity contribution in [3.05, 3.63) is 58.1 Å². The number of halogens is 2. The molecule has 6 heteroatoms. The first-order valence-electron chi connectivity index (χ1n) is 6.15. The van der Waals surface area contributed by atoms with Gasteiger partial charge in [0, 0.05) is 7.05 Å². The van der Waals surface area contributed by atoms with E-state index in [2.05, 4.69) is 4.98 Å². The lowest BCUT2D eigenvalue weighted by atomic mass is 10.2. The Labute approximate surface area is 135 Å². The molecule has 106 valence electrons. The summed E-state index contributed by atoms with van der Waals surface area (Å²) >= 11 is 13.5. The highest BCUT2D eigenvalue weighted by Gasteiger charge is 2.20. The molecule has 1 aromatic heterocycles. The van der Waals surface area contributed by atoms with Gasteiger partial charge in [-0.3, -0.25) is 9.69 Å². The number of fused-ring (bicyclic) bond motifs is 1. The first kappa shape index (κ1) is 14.3. The molecule has 0 spiro atoms. The first-order chi connectivity index (χ1) is 10.1. The fourth-order valence-electron chi connectivity index (χ4n) is 1.94. The molecule has 3 rings (SSSR count). The van der Waals surface area contributed by atoms with Crippen LogP contribution in [0.2, 0.25) is 10.0 Å². The van der Waals surface area contributed by atoms with Gasteiger partial charge in [0.05, 0.1) is 25.8 Å². The second kappa shape index (κ2) is 5.64. The zero-order valence-corrected chi connectivity index (χ0v) is 13.3. The summed E-state index contributed by atoms with van der Waals surface area (Å²) in [6.45, 7) is 0. The lowest BCUT2D eigenvalue weighted by Gasteiger charge is -2.14. The number of nitrogens with zero attached hydrogens (tertiary/aromatic N) is 2. The third kappa shape index (κ3) is 2.62. The molecule has 2 aromatic carbocycles. The average Bonchev–Trinajstić information content (AvgIpc) is 2.92. The number of benzene rings is 2. The number of carbonyl (C=O) groups is 1. The first-order valence-corrected chi connectivity index (χ1v) is 7.73. The van der Waals surface area contributed by atoms with Crippen LogP contribution in [0.4, 0.5) is 5.13 Å². The van der Waals surface area contributed by atoms with E-state index in [-0.39, 0.29) is 10.9 Å². The quantitative estimate of drug-likeness (QED) is 0.668. The van der Waals surface area contributed by atoms with Gasteiger partial charge in [-0.1, -0.05) is 52.7 Å². The molecule has 0 aliphatic rings. The van der Waals surface area contributed by atoms with Gasteiger partial charge in [0.15, 0.2) is 5.13 Å². The van der Waals surface area contributed by atoms with E-state index in [9.17, 15) is 4.79 Å². The summed E-state index contributed by atoms with van der Waals surface area (Å²) in [6, 6.07) is 12.8. The summed E-state index contributed by atoms with van der Waals surface area (Å²) < 4.78 is 1.03. The van der Waals surface area contributed by atoms with E-state index in [1.165, 1.54) is 16.2 Å². The number of anilines is 1. The molecule has 3 nitrogen and oxygen atoms in total. The van der Waals surface area contributed by atoms with E-state index in [1.54, 1.807) is 25.2 Å². The number of hydrogen-bond acceptors (Lipinski definition) is 3. The summed E-state index contributed by atoms with van der Waals surface area (Å²) in [5.41, 5.74) is 1.24. The Hall–Kier alpha value is -1.62. The number of aromatic nitrogens is 1. The van der Waals surface area contributed by atoms with Gasteiger partial charge in [0.1, 0.15) is 0 Å². The molecular weight excluding hydrogens is 327 g/mol. The fourth-order valence-corrected chi connectivity index (χ4v) is 3.25. The van der Waals surface area contributed by atoms with E-state index in [0.29, 0.717) is 15.7 Å². The Morgan fingerprint density at radius 3 is 2.67 bits per heavy atom. The summed E-state index contributed by atoms with van der Waals surface area (Å²) in [5, 5.41) is 1.24. The number of carbonyl (C=O) groups excluding carboxylic acids is 1. The van der Waals surface area contributed by atoms with Crippen molar-refractivity contribution in [2.75, 3.05) is 11.9 Å². The molecule has 21 heavy (non-hydrogen) atoms. The molecular formula is C15H10Cl2N2OS. The van der Waals surface area contributed by atoms with Gasteiger partial charge >= 0.3 is 0 Å². The van der Waals surface area contributed by atoms with Crippen molar-refractivity contribution >= 4 is 55.8 Å². The number of amides is 1. The van der Waals surface area contributed by atoms with Gasteiger partial charge in [-0.25, -0.2) is 4.98 Å². The Morgan fingerprint density at radius 1 is 1.14 bits per heavy atom. The van der Waals surface area contributed by atoms with Crippen LogP contribution in [-0.4, -0.2) is 17.9 Å². The maximum atomic E-state index is 12.5.